The Morgan fingerprint density at radius 3 is 2.05 bits per heavy atom. The third kappa shape index (κ3) is 7.90. The summed E-state index contributed by atoms with van der Waals surface area (Å²) in [4.78, 5) is 29.6. The van der Waals surface area contributed by atoms with E-state index in [1.165, 1.54) is 17.0 Å². The van der Waals surface area contributed by atoms with Crippen LogP contribution in [0, 0.1) is 20.8 Å². The van der Waals surface area contributed by atoms with E-state index in [9.17, 15) is 18.0 Å². The van der Waals surface area contributed by atoms with Gasteiger partial charge < -0.3 is 10.2 Å². The van der Waals surface area contributed by atoms with Crippen molar-refractivity contribution in [3.05, 3.63) is 131 Å². The van der Waals surface area contributed by atoms with Crippen LogP contribution in [0.25, 0.3) is 0 Å². The van der Waals surface area contributed by atoms with Gasteiger partial charge in [-0.05, 0) is 74.2 Å². The average Bonchev–Trinajstić information content (AvgIpc) is 3.00. The molecule has 0 radical (unpaired) electrons. The van der Waals surface area contributed by atoms with Crippen molar-refractivity contribution in [3.63, 3.8) is 0 Å². The molecule has 0 spiro atoms. The summed E-state index contributed by atoms with van der Waals surface area (Å²) in [6, 6.07) is 29.8. The number of hydrogen-bond donors (Lipinski definition) is 1. The Balaban J connectivity index is 1.81. The average molecular weight is 598 g/mol. The molecule has 1 N–H and O–H groups in total. The largest absolute Gasteiger partial charge is 0.355 e. The molecule has 0 aliphatic carbocycles. The second-order valence-corrected chi connectivity index (χ2v) is 12.6. The van der Waals surface area contributed by atoms with Crippen LogP contribution >= 0.6 is 0 Å². The lowest BCUT2D eigenvalue weighted by Crippen LogP contribution is -2.53. The molecular formula is C35H39N3O4S. The third-order valence-corrected chi connectivity index (χ3v) is 9.23. The highest BCUT2D eigenvalue weighted by molar-refractivity contribution is 7.92. The molecule has 0 aliphatic heterocycles. The van der Waals surface area contributed by atoms with Crippen LogP contribution in [0.2, 0.25) is 0 Å². The lowest BCUT2D eigenvalue weighted by molar-refractivity contribution is -0.140. The Morgan fingerprint density at radius 1 is 0.767 bits per heavy atom. The Kier molecular flexibility index (Phi) is 10.4. The number of anilines is 1. The van der Waals surface area contributed by atoms with Crippen LogP contribution in [-0.4, -0.2) is 44.3 Å². The van der Waals surface area contributed by atoms with Gasteiger partial charge in [0.1, 0.15) is 12.6 Å². The van der Waals surface area contributed by atoms with Crippen LogP contribution < -0.4 is 9.62 Å². The van der Waals surface area contributed by atoms with Crippen molar-refractivity contribution in [2.45, 2.75) is 51.6 Å². The first-order valence-corrected chi connectivity index (χ1v) is 15.9. The maximum atomic E-state index is 14.4. The molecule has 7 nitrogen and oxygen atoms in total. The lowest BCUT2D eigenvalue weighted by Gasteiger charge is -2.34. The Hall–Kier alpha value is -4.43. The summed E-state index contributed by atoms with van der Waals surface area (Å²) in [7, 11) is -4.12. The normalized spacial score (nSPS) is 11.9. The van der Waals surface area contributed by atoms with Gasteiger partial charge in [0.05, 0.1) is 10.6 Å². The molecular weight excluding hydrogens is 558 g/mol. The minimum atomic E-state index is -4.12. The maximum Gasteiger partial charge on any atom is 0.264 e. The molecule has 43 heavy (non-hydrogen) atoms. The molecule has 0 fully saturated rings. The SMILES string of the molecule is CCNC(=O)C(Cc1ccccc1)N(Cc1cccc(C)c1)C(=O)CN(c1ccc(C)c(C)c1)S(=O)(=O)c1ccccc1. The number of carbonyl (C=O) groups is 2. The summed E-state index contributed by atoms with van der Waals surface area (Å²) in [5.41, 5.74) is 5.05. The van der Waals surface area contributed by atoms with Gasteiger partial charge in [0.15, 0.2) is 0 Å². The summed E-state index contributed by atoms with van der Waals surface area (Å²) in [5.74, 6) is -0.776. The molecule has 0 heterocycles. The zero-order chi connectivity index (χ0) is 31.0. The van der Waals surface area contributed by atoms with E-state index in [1.54, 1.807) is 30.3 Å². The van der Waals surface area contributed by atoms with Gasteiger partial charge in [-0.2, -0.15) is 0 Å². The van der Waals surface area contributed by atoms with Crippen molar-refractivity contribution < 1.29 is 18.0 Å². The number of rotatable bonds is 12. The molecule has 1 atom stereocenters. The standard InChI is InChI=1S/C35H39N3O4S/c1-5-36-35(40)33(23-29-14-8-6-9-15-29)37(24-30-16-12-13-26(2)21-30)34(39)25-38(31-20-19-27(3)28(4)22-31)43(41,42)32-17-10-7-11-18-32/h6-22,33H,5,23-25H2,1-4H3,(H,36,40). The second-order valence-electron chi connectivity index (χ2n) is 10.7. The van der Waals surface area contributed by atoms with E-state index in [4.69, 9.17) is 0 Å². The monoisotopic (exact) mass is 597 g/mol. The molecule has 0 aromatic heterocycles. The molecule has 4 aromatic rings. The fourth-order valence-corrected chi connectivity index (χ4v) is 6.41. The number of hydrogen-bond acceptors (Lipinski definition) is 4. The highest BCUT2D eigenvalue weighted by Gasteiger charge is 2.34. The Morgan fingerprint density at radius 2 is 1.42 bits per heavy atom. The van der Waals surface area contributed by atoms with Crippen molar-refractivity contribution in [1.29, 1.82) is 0 Å². The number of nitrogens with one attached hydrogen (secondary N) is 1. The highest BCUT2D eigenvalue weighted by Crippen LogP contribution is 2.27. The highest BCUT2D eigenvalue weighted by atomic mass is 32.2. The van der Waals surface area contributed by atoms with Crippen molar-refractivity contribution in [1.82, 2.24) is 10.2 Å². The molecule has 224 valence electrons. The summed E-state index contributed by atoms with van der Waals surface area (Å²) >= 11 is 0. The lowest BCUT2D eigenvalue weighted by atomic mass is 10.0. The van der Waals surface area contributed by atoms with Crippen LogP contribution in [0.3, 0.4) is 0 Å². The molecule has 2 amide bonds. The quantitative estimate of drug-likeness (QED) is 0.231. The minimum Gasteiger partial charge on any atom is -0.355 e. The Labute approximate surface area is 255 Å². The predicted molar refractivity (Wildman–Crippen MR) is 171 cm³/mol. The van der Waals surface area contributed by atoms with Crippen molar-refractivity contribution in [3.8, 4) is 0 Å². The molecule has 1 unspecified atom stereocenters. The zero-order valence-electron chi connectivity index (χ0n) is 25.2. The molecule has 4 aromatic carbocycles. The topological polar surface area (TPSA) is 86.8 Å². The van der Waals surface area contributed by atoms with E-state index in [0.29, 0.717) is 12.2 Å². The number of aryl methyl sites for hydroxylation is 3. The number of benzene rings is 4. The zero-order valence-corrected chi connectivity index (χ0v) is 26.0. The first kappa shape index (κ1) is 31.5. The molecule has 0 saturated carbocycles. The van der Waals surface area contributed by atoms with Gasteiger partial charge >= 0.3 is 0 Å². The molecule has 8 heteroatoms. The van der Waals surface area contributed by atoms with Gasteiger partial charge in [-0.25, -0.2) is 8.42 Å². The van der Waals surface area contributed by atoms with Gasteiger partial charge in [-0.1, -0.05) is 84.4 Å². The summed E-state index contributed by atoms with van der Waals surface area (Å²) in [6.07, 6.45) is 0.277. The summed E-state index contributed by atoms with van der Waals surface area (Å²) < 4.78 is 29.3. The van der Waals surface area contributed by atoms with E-state index in [-0.39, 0.29) is 23.8 Å². The van der Waals surface area contributed by atoms with Crippen molar-refractivity contribution in [2.75, 3.05) is 17.4 Å². The van der Waals surface area contributed by atoms with Crippen LogP contribution in [0.1, 0.15) is 34.7 Å². The summed E-state index contributed by atoms with van der Waals surface area (Å²) in [6.45, 7) is 7.71. The number of carbonyl (C=O) groups excluding carboxylic acids is 2. The molecule has 4 rings (SSSR count). The number of likely N-dealkylation sites (N-methyl/N-ethyl adjacent to an activating group) is 1. The predicted octanol–water partition coefficient (Wildman–Crippen LogP) is 5.58. The van der Waals surface area contributed by atoms with Gasteiger partial charge in [0.25, 0.3) is 10.0 Å². The number of nitrogens with zero attached hydrogens (tertiary/aromatic N) is 2. The van der Waals surface area contributed by atoms with Crippen molar-refractivity contribution in [2.24, 2.45) is 0 Å². The molecule has 0 bridgehead atoms. The van der Waals surface area contributed by atoms with E-state index >= 15 is 0 Å². The second kappa shape index (κ2) is 14.2. The smallest absolute Gasteiger partial charge is 0.264 e. The van der Waals surface area contributed by atoms with Gasteiger partial charge in [0, 0.05) is 19.5 Å². The van der Waals surface area contributed by atoms with E-state index in [0.717, 1.165) is 32.1 Å². The van der Waals surface area contributed by atoms with Gasteiger partial charge in [0.2, 0.25) is 11.8 Å². The Bertz CT molecular complexity index is 1660. The van der Waals surface area contributed by atoms with Gasteiger partial charge in [-0.15, -0.1) is 0 Å². The molecule has 0 saturated heterocycles. The van der Waals surface area contributed by atoms with Crippen LogP contribution in [0.4, 0.5) is 5.69 Å². The first-order chi connectivity index (χ1) is 20.6. The van der Waals surface area contributed by atoms with Crippen molar-refractivity contribution >= 4 is 27.5 Å². The van der Waals surface area contributed by atoms with E-state index in [2.05, 4.69) is 5.32 Å². The van der Waals surface area contributed by atoms with Gasteiger partial charge in [-0.3, -0.25) is 13.9 Å². The van der Waals surface area contributed by atoms with E-state index < -0.39 is 28.5 Å². The first-order valence-electron chi connectivity index (χ1n) is 14.4. The van der Waals surface area contributed by atoms with Crippen LogP contribution in [0.15, 0.2) is 108 Å². The fourth-order valence-electron chi connectivity index (χ4n) is 4.98. The van der Waals surface area contributed by atoms with Crippen LogP contribution in [-0.2, 0) is 32.6 Å². The number of amides is 2. The third-order valence-electron chi connectivity index (χ3n) is 7.45. The fraction of sp³-hybridized carbons (Fsp3) is 0.257. The number of sulfonamides is 1. The van der Waals surface area contributed by atoms with E-state index in [1.807, 2.05) is 88.4 Å². The maximum absolute atomic E-state index is 14.4. The minimum absolute atomic E-state index is 0.0795. The molecule has 0 aliphatic rings. The summed E-state index contributed by atoms with van der Waals surface area (Å²) in [5, 5.41) is 2.89. The van der Waals surface area contributed by atoms with Crippen LogP contribution in [0.5, 0.6) is 0 Å².